The molecule has 0 aliphatic heterocycles. The first kappa shape index (κ1) is 14.7. The fourth-order valence-corrected chi connectivity index (χ4v) is 3.25. The van der Waals surface area contributed by atoms with Gasteiger partial charge >= 0.3 is 0 Å². The monoisotopic (exact) mass is 315 g/mol. The maximum Gasteiger partial charge on any atom is 0.240 e. The topological polar surface area (TPSA) is 46.2 Å². The smallest absolute Gasteiger partial charge is 0.207 e. The second kappa shape index (κ2) is 5.87. The molecule has 0 fully saturated rings. The van der Waals surface area contributed by atoms with E-state index in [2.05, 4.69) is 4.72 Å². The van der Waals surface area contributed by atoms with Crippen molar-refractivity contribution in [2.45, 2.75) is 11.4 Å². The lowest BCUT2D eigenvalue weighted by molar-refractivity contribution is 0.581. The molecule has 0 aliphatic rings. The van der Waals surface area contributed by atoms with Gasteiger partial charge in [-0.25, -0.2) is 17.5 Å². The minimum Gasteiger partial charge on any atom is -0.207 e. The van der Waals surface area contributed by atoms with Crippen LogP contribution in [0.2, 0.25) is 0 Å². The Kier molecular flexibility index (Phi) is 3.92. The van der Waals surface area contributed by atoms with Gasteiger partial charge in [-0.15, -0.1) is 0 Å². The zero-order valence-electron chi connectivity index (χ0n) is 11.7. The van der Waals surface area contributed by atoms with Crippen LogP contribution in [-0.2, 0) is 16.6 Å². The number of benzene rings is 3. The Morgan fingerprint density at radius 2 is 1.55 bits per heavy atom. The molecule has 0 aliphatic carbocycles. The molecule has 3 aromatic rings. The molecule has 0 saturated heterocycles. The number of hydrogen-bond acceptors (Lipinski definition) is 2. The zero-order chi connectivity index (χ0) is 15.6. The third kappa shape index (κ3) is 3.16. The Morgan fingerprint density at radius 3 is 2.27 bits per heavy atom. The van der Waals surface area contributed by atoms with Crippen molar-refractivity contribution >= 4 is 20.8 Å². The lowest BCUT2D eigenvalue weighted by atomic mass is 10.1. The normalized spacial score (nSPS) is 11.7. The number of nitrogens with one attached hydrogen (secondary N) is 1. The molecule has 22 heavy (non-hydrogen) atoms. The SMILES string of the molecule is O=S(=O)(NCc1ccc(F)cc1)c1ccc2ccccc2c1. The Hall–Kier alpha value is -2.24. The van der Waals surface area contributed by atoms with Crippen LogP contribution in [-0.4, -0.2) is 8.42 Å². The quantitative estimate of drug-likeness (QED) is 0.801. The predicted molar refractivity (Wildman–Crippen MR) is 84.4 cm³/mol. The zero-order valence-corrected chi connectivity index (χ0v) is 12.5. The molecule has 0 radical (unpaired) electrons. The molecule has 0 unspecified atom stereocenters. The Balaban J connectivity index is 1.83. The molecular weight excluding hydrogens is 301 g/mol. The van der Waals surface area contributed by atoms with Crippen molar-refractivity contribution in [3.63, 3.8) is 0 Å². The molecular formula is C17H14FNO2S. The summed E-state index contributed by atoms with van der Waals surface area (Å²) in [5, 5.41) is 1.85. The van der Waals surface area contributed by atoms with E-state index in [1.54, 1.807) is 30.3 Å². The van der Waals surface area contributed by atoms with Crippen LogP contribution in [0.5, 0.6) is 0 Å². The lowest BCUT2D eigenvalue weighted by Crippen LogP contribution is -2.23. The molecule has 0 amide bonds. The van der Waals surface area contributed by atoms with Crippen molar-refractivity contribution in [1.82, 2.24) is 4.72 Å². The first-order valence-corrected chi connectivity index (χ1v) is 8.26. The van der Waals surface area contributed by atoms with E-state index in [4.69, 9.17) is 0 Å². The fraction of sp³-hybridized carbons (Fsp3) is 0.0588. The van der Waals surface area contributed by atoms with Gasteiger partial charge in [0.25, 0.3) is 0 Å². The van der Waals surface area contributed by atoms with Gasteiger partial charge in [0.15, 0.2) is 0 Å². The van der Waals surface area contributed by atoms with E-state index in [-0.39, 0.29) is 17.3 Å². The van der Waals surface area contributed by atoms with E-state index in [0.717, 1.165) is 10.8 Å². The minimum absolute atomic E-state index is 0.120. The average Bonchev–Trinajstić information content (AvgIpc) is 2.54. The molecule has 112 valence electrons. The second-order valence-electron chi connectivity index (χ2n) is 4.96. The van der Waals surface area contributed by atoms with Gasteiger partial charge in [-0.2, -0.15) is 0 Å². The summed E-state index contributed by atoms with van der Waals surface area (Å²) in [6.45, 7) is 0.120. The number of sulfonamides is 1. The van der Waals surface area contributed by atoms with E-state index in [1.807, 2.05) is 24.3 Å². The summed E-state index contributed by atoms with van der Waals surface area (Å²) in [5.41, 5.74) is 0.700. The van der Waals surface area contributed by atoms with Crippen molar-refractivity contribution in [3.8, 4) is 0 Å². The maximum absolute atomic E-state index is 12.8. The van der Waals surface area contributed by atoms with E-state index >= 15 is 0 Å². The van der Waals surface area contributed by atoms with Gasteiger partial charge in [0, 0.05) is 6.54 Å². The maximum atomic E-state index is 12.8. The number of hydrogen-bond donors (Lipinski definition) is 1. The molecule has 3 nitrogen and oxygen atoms in total. The average molecular weight is 315 g/mol. The molecule has 5 heteroatoms. The highest BCUT2D eigenvalue weighted by Gasteiger charge is 2.14. The van der Waals surface area contributed by atoms with Crippen molar-refractivity contribution in [2.24, 2.45) is 0 Å². The number of rotatable bonds is 4. The summed E-state index contributed by atoms with van der Waals surface area (Å²) in [4.78, 5) is 0.216. The van der Waals surface area contributed by atoms with Crippen molar-refractivity contribution < 1.29 is 12.8 Å². The highest BCUT2D eigenvalue weighted by molar-refractivity contribution is 7.89. The van der Waals surface area contributed by atoms with Crippen LogP contribution < -0.4 is 4.72 Å². The van der Waals surface area contributed by atoms with Crippen LogP contribution in [0.4, 0.5) is 4.39 Å². The van der Waals surface area contributed by atoms with Crippen LogP contribution in [0.1, 0.15) is 5.56 Å². The highest BCUT2D eigenvalue weighted by Crippen LogP contribution is 2.19. The summed E-state index contributed by atoms with van der Waals surface area (Å²) >= 11 is 0. The van der Waals surface area contributed by atoms with E-state index in [0.29, 0.717) is 5.56 Å². The molecule has 0 bridgehead atoms. The first-order valence-electron chi connectivity index (χ1n) is 6.77. The van der Waals surface area contributed by atoms with E-state index in [9.17, 15) is 12.8 Å². The Morgan fingerprint density at radius 1 is 0.864 bits per heavy atom. The van der Waals surface area contributed by atoms with Crippen molar-refractivity contribution in [1.29, 1.82) is 0 Å². The van der Waals surface area contributed by atoms with Crippen molar-refractivity contribution in [3.05, 3.63) is 78.1 Å². The van der Waals surface area contributed by atoms with Gasteiger partial charge in [-0.3, -0.25) is 0 Å². The molecule has 0 spiro atoms. The van der Waals surface area contributed by atoms with Gasteiger partial charge in [0.1, 0.15) is 5.82 Å². The summed E-state index contributed by atoms with van der Waals surface area (Å²) in [7, 11) is -3.60. The summed E-state index contributed by atoms with van der Waals surface area (Å²) in [6.07, 6.45) is 0. The molecule has 1 N–H and O–H groups in total. The lowest BCUT2D eigenvalue weighted by Gasteiger charge is -2.08. The summed E-state index contributed by atoms with van der Waals surface area (Å²) in [6, 6.07) is 18.3. The molecule has 0 atom stereocenters. The van der Waals surface area contributed by atoms with Crippen LogP contribution in [0.3, 0.4) is 0 Å². The highest BCUT2D eigenvalue weighted by atomic mass is 32.2. The largest absolute Gasteiger partial charge is 0.240 e. The third-order valence-electron chi connectivity index (χ3n) is 3.41. The first-order chi connectivity index (χ1) is 10.5. The predicted octanol–water partition coefficient (Wildman–Crippen LogP) is 3.46. The second-order valence-corrected chi connectivity index (χ2v) is 6.73. The van der Waals surface area contributed by atoms with Gasteiger partial charge < -0.3 is 0 Å². The van der Waals surface area contributed by atoms with Crippen LogP contribution in [0, 0.1) is 5.82 Å². The van der Waals surface area contributed by atoms with E-state index in [1.165, 1.54) is 12.1 Å². The molecule has 3 aromatic carbocycles. The minimum atomic E-state index is -3.60. The van der Waals surface area contributed by atoms with Crippen LogP contribution >= 0.6 is 0 Å². The van der Waals surface area contributed by atoms with Crippen LogP contribution in [0.15, 0.2) is 71.6 Å². The Labute approximate surface area is 128 Å². The number of fused-ring (bicyclic) bond motifs is 1. The fourth-order valence-electron chi connectivity index (χ4n) is 2.20. The van der Waals surface area contributed by atoms with Crippen LogP contribution in [0.25, 0.3) is 10.8 Å². The molecule has 0 saturated carbocycles. The number of halogens is 1. The van der Waals surface area contributed by atoms with Gasteiger partial charge in [0.05, 0.1) is 4.90 Å². The molecule has 0 aromatic heterocycles. The van der Waals surface area contributed by atoms with Gasteiger partial charge in [0.2, 0.25) is 10.0 Å². The summed E-state index contributed by atoms with van der Waals surface area (Å²) < 4.78 is 40.0. The molecule has 3 rings (SSSR count). The molecule has 0 heterocycles. The summed E-state index contributed by atoms with van der Waals surface area (Å²) in [5.74, 6) is -0.346. The van der Waals surface area contributed by atoms with E-state index < -0.39 is 10.0 Å². The van der Waals surface area contributed by atoms with Gasteiger partial charge in [-0.05, 0) is 40.6 Å². The van der Waals surface area contributed by atoms with Crippen molar-refractivity contribution in [2.75, 3.05) is 0 Å². The Bertz CT molecular complexity index is 905. The third-order valence-corrected chi connectivity index (χ3v) is 4.81. The standard InChI is InChI=1S/C17H14FNO2S/c18-16-8-5-13(6-9-16)12-19-22(20,21)17-10-7-14-3-1-2-4-15(14)11-17/h1-11,19H,12H2. The van der Waals surface area contributed by atoms with Gasteiger partial charge in [-0.1, -0.05) is 42.5 Å².